The van der Waals surface area contributed by atoms with Crippen molar-refractivity contribution in [3.63, 3.8) is 0 Å². The summed E-state index contributed by atoms with van der Waals surface area (Å²) in [5.41, 5.74) is 5.37. The predicted octanol–water partition coefficient (Wildman–Crippen LogP) is 11.6. The van der Waals surface area contributed by atoms with Gasteiger partial charge in [0.15, 0.2) is 0 Å². The van der Waals surface area contributed by atoms with E-state index >= 15 is 0 Å². The minimum Gasteiger partial charge on any atom is -0.387 e. The van der Waals surface area contributed by atoms with Crippen LogP contribution in [0.25, 0.3) is 0 Å². The van der Waals surface area contributed by atoms with Crippen molar-refractivity contribution < 1.29 is 28.4 Å². The number of hydrogen-bond donors (Lipinski definition) is 4. The molecule has 0 aliphatic heterocycles. The van der Waals surface area contributed by atoms with Gasteiger partial charge in [-0.15, -0.1) is 0 Å². The number of nitrogens with one attached hydrogen (secondary N) is 1. The number of carbonyl (C=O) groups excluding carboxylic acids is 1. The van der Waals surface area contributed by atoms with Crippen LogP contribution < -0.4 is 11.1 Å². The van der Waals surface area contributed by atoms with Gasteiger partial charge in [0.05, 0.1) is 25.4 Å². The molecule has 3 unspecified atom stereocenters. The van der Waals surface area contributed by atoms with Gasteiger partial charge >= 0.3 is 7.82 Å². The van der Waals surface area contributed by atoms with Crippen LogP contribution in [0.1, 0.15) is 213 Å². The molecule has 0 aromatic heterocycles. The van der Waals surface area contributed by atoms with Crippen molar-refractivity contribution in [3.05, 3.63) is 12.2 Å². The van der Waals surface area contributed by atoms with Crippen molar-refractivity contribution in [2.24, 2.45) is 5.73 Å². The van der Waals surface area contributed by atoms with E-state index in [-0.39, 0.29) is 25.7 Å². The van der Waals surface area contributed by atoms with Crippen LogP contribution in [0.3, 0.4) is 0 Å². The van der Waals surface area contributed by atoms with Crippen LogP contribution in [-0.4, -0.2) is 47.8 Å². The maximum atomic E-state index is 12.7. The van der Waals surface area contributed by atoms with E-state index in [1.165, 1.54) is 154 Å². The van der Waals surface area contributed by atoms with Crippen LogP contribution in [0, 0.1) is 0 Å². The van der Waals surface area contributed by atoms with Crippen LogP contribution >= 0.6 is 7.82 Å². The van der Waals surface area contributed by atoms with Gasteiger partial charge in [-0.25, -0.2) is 4.57 Å². The molecule has 3 atom stereocenters. The molecule has 0 radical (unpaired) electrons. The highest BCUT2D eigenvalue weighted by atomic mass is 31.2. The number of rotatable bonds is 40. The standard InChI is InChI=1S/C41H83N2O6P/c1-3-5-7-9-11-13-15-17-19-21-22-24-26-28-30-32-34-40(44)39(38-49-50(46,47)48-37-36-42)43-41(45)35-33-31-29-27-25-23-20-18-16-14-12-10-8-6-4-2/h32,34,39-40,44H,3-31,33,35-38,42H2,1-2H3,(H,43,45)(H,46,47)/b34-32+. The highest BCUT2D eigenvalue weighted by Crippen LogP contribution is 2.43. The molecule has 0 rings (SSSR count). The van der Waals surface area contributed by atoms with Gasteiger partial charge in [-0.2, -0.15) is 0 Å². The summed E-state index contributed by atoms with van der Waals surface area (Å²) >= 11 is 0. The highest BCUT2D eigenvalue weighted by Gasteiger charge is 2.26. The summed E-state index contributed by atoms with van der Waals surface area (Å²) in [6.45, 7) is 4.15. The van der Waals surface area contributed by atoms with Gasteiger partial charge in [-0.3, -0.25) is 13.8 Å². The maximum absolute atomic E-state index is 12.7. The van der Waals surface area contributed by atoms with Crippen LogP contribution in [0.5, 0.6) is 0 Å². The molecule has 8 nitrogen and oxygen atoms in total. The number of aliphatic hydroxyl groups is 1. The molecular weight excluding hydrogens is 647 g/mol. The Balaban J connectivity index is 4.21. The number of nitrogens with two attached hydrogens (primary N) is 1. The number of allylic oxidation sites excluding steroid dienone is 1. The van der Waals surface area contributed by atoms with Crippen molar-refractivity contribution in [1.82, 2.24) is 5.32 Å². The van der Waals surface area contributed by atoms with Gasteiger partial charge in [0, 0.05) is 13.0 Å². The molecule has 0 aliphatic rings. The van der Waals surface area contributed by atoms with Crippen LogP contribution in [-0.2, 0) is 18.4 Å². The van der Waals surface area contributed by atoms with Gasteiger partial charge in [0.25, 0.3) is 0 Å². The summed E-state index contributed by atoms with van der Waals surface area (Å²) in [7, 11) is -4.33. The molecule has 0 bridgehead atoms. The topological polar surface area (TPSA) is 131 Å². The molecule has 0 aliphatic carbocycles. The zero-order valence-corrected chi connectivity index (χ0v) is 33.8. The Hall–Kier alpha value is -0.760. The van der Waals surface area contributed by atoms with E-state index in [0.29, 0.717) is 6.42 Å². The lowest BCUT2D eigenvalue weighted by Gasteiger charge is -2.23. The first kappa shape index (κ1) is 49.2. The number of amides is 1. The van der Waals surface area contributed by atoms with Crippen LogP contribution in [0.2, 0.25) is 0 Å². The lowest BCUT2D eigenvalue weighted by molar-refractivity contribution is -0.123. The molecule has 0 fully saturated rings. The Morgan fingerprint density at radius 1 is 0.640 bits per heavy atom. The molecule has 0 spiro atoms. The fourth-order valence-corrected chi connectivity index (χ4v) is 7.13. The highest BCUT2D eigenvalue weighted by molar-refractivity contribution is 7.47. The van der Waals surface area contributed by atoms with E-state index in [1.807, 2.05) is 6.08 Å². The van der Waals surface area contributed by atoms with Crippen LogP contribution in [0.4, 0.5) is 0 Å². The molecule has 298 valence electrons. The molecule has 9 heteroatoms. The second kappa shape index (κ2) is 38.0. The Morgan fingerprint density at radius 2 is 1.02 bits per heavy atom. The molecule has 0 aromatic rings. The third kappa shape index (κ3) is 35.6. The Bertz CT molecular complexity index is 799. The van der Waals surface area contributed by atoms with Gasteiger partial charge in [0.1, 0.15) is 0 Å². The number of carbonyl (C=O) groups is 1. The average molecular weight is 731 g/mol. The van der Waals surface area contributed by atoms with E-state index < -0.39 is 20.0 Å². The SMILES string of the molecule is CCCCCCCCCCCCCCCC/C=C/C(O)C(COP(=O)(O)OCCN)NC(=O)CCCCCCCCCCCCCCCCC. The first-order valence-electron chi connectivity index (χ1n) is 21.3. The van der Waals surface area contributed by atoms with Crippen LogP contribution in [0.15, 0.2) is 12.2 Å². The van der Waals surface area contributed by atoms with Crippen molar-refractivity contribution in [3.8, 4) is 0 Å². The Morgan fingerprint density at radius 3 is 1.42 bits per heavy atom. The molecule has 1 amide bonds. The zero-order chi connectivity index (χ0) is 36.8. The number of phosphoric ester groups is 1. The van der Waals surface area contributed by atoms with Gasteiger partial charge in [-0.05, 0) is 19.3 Å². The second-order valence-corrected chi connectivity index (χ2v) is 16.0. The lowest BCUT2D eigenvalue weighted by Crippen LogP contribution is -2.45. The van der Waals surface area contributed by atoms with E-state index in [2.05, 4.69) is 19.2 Å². The third-order valence-electron chi connectivity index (χ3n) is 9.61. The zero-order valence-electron chi connectivity index (χ0n) is 32.9. The summed E-state index contributed by atoms with van der Waals surface area (Å²) in [6.07, 6.45) is 41.1. The Labute approximate surface area is 309 Å². The molecule has 0 saturated heterocycles. The van der Waals surface area contributed by atoms with E-state index in [1.54, 1.807) is 6.08 Å². The number of unbranched alkanes of at least 4 members (excludes halogenated alkanes) is 28. The molecule has 50 heavy (non-hydrogen) atoms. The summed E-state index contributed by atoms with van der Waals surface area (Å²) < 4.78 is 22.1. The number of aliphatic hydroxyl groups excluding tert-OH is 1. The quantitative estimate of drug-likeness (QED) is 0.0280. The first-order chi connectivity index (χ1) is 24.4. The number of hydrogen-bond acceptors (Lipinski definition) is 6. The van der Waals surface area contributed by atoms with Crippen molar-refractivity contribution in [2.75, 3.05) is 19.8 Å². The van der Waals surface area contributed by atoms with Crippen molar-refractivity contribution in [1.29, 1.82) is 0 Å². The smallest absolute Gasteiger partial charge is 0.387 e. The third-order valence-corrected chi connectivity index (χ3v) is 10.6. The summed E-state index contributed by atoms with van der Waals surface area (Å²) in [5, 5.41) is 13.7. The summed E-state index contributed by atoms with van der Waals surface area (Å²) in [6, 6.07) is -0.853. The predicted molar refractivity (Wildman–Crippen MR) is 212 cm³/mol. The van der Waals surface area contributed by atoms with E-state index in [0.717, 1.165) is 38.5 Å². The normalized spacial score (nSPS) is 14.3. The number of phosphoric acid groups is 1. The minimum absolute atomic E-state index is 0.0813. The summed E-state index contributed by atoms with van der Waals surface area (Å²) in [4.78, 5) is 22.7. The van der Waals surface area contributed by atoms with Gasteiger partial charge in [-0.1, -0.05) is 199 Å². The van der Waals surface area contributed by atoms with E-state index in [4.69, 9.17) is 14.8 Å². The fourth-order valence-electron chi connectivity index (χ4n) is 6.37. The summed E-state index contributed by atoms with van der Waals surface area (Å²) in [5.74, 6) is -0.191. The molecule has 0 heterocycles. The first-order valence-corrected chi connectivity index (χ1v) is 22.8. The largest absolute Gasteiger partial charge is 0.472 e. The maximum Gasteiger partial charge on any atom is 0.472 e. The lowest BCUT2D eigenvalue weighted by atomic mass is 10.0. The Kier molecular flexibility index (Phi) is 37.4. The minimum atomic E-state index is -4.33. The molecular formula is C41H83N2O6P. The second-order valence-electron chi connectivity index (χ2n) is 14.6. The average Bonchev–Trinajstić information content (AvgIpc) is 3.10. The monoisotopic (exact) mass is 731 g/mol. The molecule has 5 N–H and O–H groups in total. The van der Waals surface area contributed by atoms with Gasteiger partial charge < -0.3 is 21.1 Å². The van der Waals surface area contributed by atoms with Crippen molar-refractivity contribution in [2.45, 2.75) is 225 Å². The molecule has 0 aromatic carbocycles. The fraction of sp³-hybridized carbons (Fsp3) is 0.927. The molecule has 0 saturated carbocycles. The van der Waals surface area contributed by atoms with Crippen molar-refractivity contribution >= 4 is 13.7 Å². The van der Waals surface area contributed by atoms with E-state index in [9.17, 15) is 19.4 Å². The van der Waals surface area contributed by atoms with Gasteiger partial charge in [0.2, 0.25) is 5.91 Å².